The standard InChI is InChI=1S/C13H16BrN3S/c1-13(2,3)16-12-15-11(17-18-12)8-9-6-4-5-7-10(9)14/h4-7H,8H2,1-3H3,(H,15,16,17). The number of aromatic nitrogens is 2. The molecule has 0 unspecified atom stereocenters. The summed E-state index contributed by atoms with van der Waals surface area (Å²) in [6, 6.07) is 8.16. The molecular weight excluding hydrogens is 310 g/mol. The molecule has 1 aromatic carbocycles. The lowest BCUT2D eigenvalue weighted by atomic mass is 10.1. The van der Waals surface area contributed by atoms with Crippen molar-refractivity contribution in [1.29, 1.82) is 0 Å². The highest BCUT2D eigenvalue weighted by Crippen LogP contribution is 2.21. The minimum Gasteiger partial charge on any atom is -0.356 e. The summed E-state index contributed by atoms with van der Waals surface area (Å²) in [5.41, 5.74) is 1.22. The van der Waals surface area contributed by atoms with E-state index in [4.69, 9.17) is 0 Å². The van der Waals surface area contributed by atoms with Crippen LogP contribution >= 0.6 is 27.5 Å². The Balaban J connectivity index is 2.10. The summed E-state index contributed by atoms with van der Waals surface area (Å²) < 4.78 is 5.49. The highest BCUT2D eigenvalue weighted by Gasteiger charge is 2.13. The number of anilines is 1. The summed E-state index contributed by atoms with van der Waals surface area (Å²) in [5, 5.41) is 4.21. The summed E-state index contributed by atoms with van der Waals surface area (Å²) in [4.78, 5) is 4.51. The van der Waals surface area contributed by atoms with Crippen LogP contribution < -0.4 is 5.32 Å². The minimum atomic E-state index is 0.0180. The van der Waals surface area contributed by atoms with Gasteiger partial charge in [-0.15, -0.1) is 0 Å². The maximum Gasteiger partial charge on any atom is 0.202 e. The molecule has 0 aliphatic carbocycles. The Labute approximate surface area is 120 Å². The van der Waals surface area contributed by atoms with Gasteiger partial charge in [0.2, 0.25) is 5.13 Å². The molecule has 18 heavy (non-hydrogen) atoms. The zero-order chi connectivity index (χ0) is 13.2. The van der Waals surface area contributed by atoms with E-state index in [9.17, 15) is 0 Å². The van der Waals surface area contributed by atoms with Gasteiger partial charge >= 0.3 is 0 Å². The lowest BCUT2D eigenvalue weighted by Gasteiger charge is -2.18. The summed E-state index contributed by atoms with van der Waals surface area (Å²) in [6.07, 6.45) is 0.754. The minimum absolute atomic E-state index is 0.0180. The molecule has 0 spiro atoms. The predicted molar refractivity (Wildman–Crippen MR) is 80.2 cm³/mol. The van der Waals surface area contributed by atoms with E-state index in [1.165, 1.54) is 17.1 Å². The maximum absolute atomic E-state index is 4.51. The van der Waals surface area contributed by atoms with Crippen LogP contribution in [-0.4, -0.2) is 14.9 Å². The number of halogens is 1. The third-order valence-corrected chi connectivity index (χ3v) is 3.70. The van der Waals surface area contributed by atoms with Crippen molar-refractivity contribution in [2.24, 2.45) is 0 Å². The Morgan fingerprint density at radius 1 is 1.28 bits per heavy atom. The van der Waals surface area contributed by atoms with Gasteiger partial charge in [0.15, 0.2) is 0 Å². The van der Waals surface area contributed by atoms with E-state index in [1.54, 1.807) is 0 Å². The van der Waals surface area contributed by atoms with Crippen molar-refractivity contribution in [2.45, 2.75) is 32.7 Å². The van der Waals surface area contributed by atoms with Crippen molar-refractivity contribution in [3.63, 3.8) is 0 Å². The number of nitrogens with zero attached hydrogens (tertiary/aromatic N) is 2. The molecule has 0 radical (unpaired) electrons. The first-order valence-electron chi connectivity index (χ1n) is 5.78. The fourth-order valence-electron chi connectivity index (χ4n) is 1.51. The summed E-state index contributed by atoms with van der Waals surface area (Å²) in [7, 11) is 0. The topological polar surface area (TPSA) is 37.8 Å². The number of hydrogen-bond acceptors (Lipinski definition) is 4. The van der Waals surface area contributed by atoms with E-state index in [0.717, 1.165) is 21.8 Å². The fourth-order valence-corrected chi connectivity index (χ4v) is 2.73. The molecule has 0 saturated heterocycles. The molecule has 1 N–H and O–H groups in total. The van der Waals surface area contributed by atoms with Gasteiger partial charge in [-0.1, -0.05) is 34.1 Å². The largest absolute Gasteiger partial charge is 0.356 e. The smallest absolute Gasteiger partial charge is 0.202 e. The lowest BCUT2D eigenvalue weighted by molar-refractivity contribution is 0.633. The molecule has 0 aliphatic rings. The molecule has 0 amide bonds. The highest BCUT2D eigenvalue weighted by atomic mass is 79.9. The van der Waals surface area contributed by atoms with E-state index >= 15 is 0 Å². The lowest BCUT2D eigenvalue weighted by Crippen LogP contribution is -2.25. The van der Waals surface area contributed by atoms with Crippen molar-refractivity contribution in [2.75, 3.05) is 5.32 Å². The van der Waals surface area contributed by atoms with Crippen LogP contribution in [0.25, 0.3) is 0 Å². The van der Waals surface area contributed by atoms with E-state index in [0.29, 0.717) is 0 Å². The Kier molecular flexibility index (Phi) is 4.02. The van der Waals surface area contributed by atoms with Gasteiger partial charge in [0, 0.05) is 28.0 Å². The van der Waals surface area contributed by atoms with Crippen LogP contribution in [0, 0.1) is 0 Å². The van der Waals surface area contributed by atoms with Crippen LogP contribution in [0.2, 0.25) is 0 Å². The molecular formula is C13H16BrN3S. The van der Waals surface area contributed by atoms with Crippen LogP contribution in [-0.2, 0) is 6.42 Å². The Morgan fingerprint density at radius 2 is 2.00 bits per heavy atom. The molecule has 0 aliphatic heterocycles. The average molecular weight is 326 g/mol. The van der Waals surface area contributed by atoms with Crippen molar-refractivity contribution < 1.29 is 0 Å². The molecule has 96 valence electrons. The van der Waals surface area contributed by atoms with Gasteiger partial charge in [0.05, 0.1) is 0 Å². The molecule has 2 rings (SSSR count). The SMILES string of the molecule is CC(C)(C)Nc1nc(Cc2ccccc2Br)ns1. The average Bonchev–Trinajstić information content (AvgIpc) is 2.66. The van der Waals surface area contributed by atoms with Crippen molar-refractivity contribution in [1.82, 2.24) is 9.36 Å². The summed E-state index contributed by atoms with van der Waals surface area (Å²) >= 11 is 4.96. The number of hydrogen-bond donors (Lipinski definition) is 1. The van der Waals surface area contributed by atoms with E-state index < -0.39 is 0 Å². The first kappa shape index (κ1) is 13.5. The second-order valence-corrected chi connectivity index (χ2v) is 6.77. The molecule has 3 nitrogen and oxygen atoms in total. The maximum atomic E-state index is 4.51. The first-order valence-corrected chi connectivity index (χ1v) is 7.35. The molecule has 0 bridgehead atoms. The van der Waals surface area contributed by atoms with Gasteiger partial charge in [0.25, 0.3) is 0 Å². The Morgan fingerprint density at radius 3 is 2.67 bits per heavy atom. The van der Waals surface area contributed by atoms with Gasteiger partial charge in [0.1, 0.15) is 5.82 Å². The third-order valence-electron chi connectivity index (χ3n) is 2.26. The quantitative estimate of drug-likeness (QED) is 0.923. The number of benzene rings is 1. The van der Waals surface area contributed by atoms with Gasteiger partial charge < -0.3 is 5.32 Å². The van der Waals surface area contributed by atoms with Gasteiger partial charge in [-0.05, 0) is 32.4 Å². The summed E-state index contributed by atoms with van der Waals surface area (Å²) in [6.45, 7) is 6.34. The zero-order valence-corrected chi connectivity index (χ0v) is 13.1. The second-order valence-electron chi connectivity index (χ2n) is 5.16. The fraction of sp³-hybridized carbons (Fsp3) is 0.385. The van der Waals surface area contributed by atoms with Gasteiger partial charge in [-0.2, -0.15) is 4.37 Å². The van der Waals surface area contributed by atoms with Crippen molar-refractivity contribution >= 4 is 32.6 Å². The molecule has 0 fully saturated rings. The molecule has 0 atom stereocenters. The van der Waals surface area contributed by atoms with Crippen molar-refractivity contribution in [3.05, 3.63) is 40.1 Å². The van der Waals surface area contributed by atoms with Crippen LogP contribution in [0.15, 0.2) is 28.7 Å². The van der Waals surface area contributed by atoms with Gasteiger partial charge in [-0.25, -0.2) is 4.98 Å². The number of rotatable bonds is 3. The van der Waals surface area contributed by atoms with E-state index in [1.807, 2.05) is 18.2 Å². The second kappa shape index (κ2) is 5.36. The third kappa shape index (κ3) is 3.78. The van der Waals surface area contributed by atoms with E-state index in [2.05, 4.69) is 57.4 Å². The molecule has 5 heteroatoms. The Bertz CT molecular complexity index is 531. The zero-order valence-electron chi connectivity index (χ0n) is 10.7. The predicted octanol–water partition coefficient (Wildman–Crippen LogP) is 4.10. The van der Waals surface area contributed by atoms with Crippen LogP contribution in [0.5, 0.6) is 0 Å². The molecule has 2 aromatic rings. The van der Waals surface area contributed by atoms with Crippen LogP contribution in [0.1, 0.15) is 32.2 Å². The Hall–Kier alpha value is -0.940. The number of nitrogens with one attached hydrogen (secondary N) is 1. The summed E-state index contributed by atoms with van der Waals surface area (Å²) in [5.74, 6) is 0.860. The monoisotopic (exact) mass is 325 g/mol. The molecule has 1 heterocycles. The molecule has 1 aromatic heterocycles. The normalized spacial score (nSPS) is 11.6. The van der Waals surface area contributed by atoms with Crippen LogP contribution in [0.4, 0.5) is 5.13 Å². The van der Waals surface area contributed by atoms with Gasteiger partial charge in [-0.3, -0.25) is 0 Å². The highest BCUT2D eigenvalue weighted by molar-refractivity contribution is 9.10. The van der Waals surface area contributed by atoms with Crippen molar-refractivity contribution in [3.8, 4) is 0 Å². The first-order chi connectivity index (χ1) is 8.44. The molecule has 0 saturated carbocycles. The van der Waals surface area contributed by atoms with Crippen LogP contribution in [0.3, 0.4) is 0 Å². The van der Waals surface area contributed by atoms with E-state index in [-0.39, 0.29) is 5.54 Å².